The van der Waals surface area contributed by atoms with Crippen LogP contribution in [0.2, 0.25) is 0 Å². The first-order valence-electron chi connectivity index (χ1n) is 7.93. The number of ether oxygens (including phenoxy) is 2. The van der Waals surface area contributed by atoms with E-state index in [1.807, 2.05) is 24.3 Å². The summed E-state index contributed by atoms with van der Waals surface area (Å²) < 4.78 is 12.0. The molecule has 7 heteroatoms. The Morgan fingerprint density at radius 2 is 1.69 bits per heavy atom. The van der Waals surface area contributed by atoms with Crippen LogP contribution in [0, 0.1) is 0 Å². The average molecular weight is 417 g/mol. The van der Waals surface area contributed by atoms with Gasteiger partial charge in [0, 0.05) is 36.4 Å². The van der Waals surface area contributed by atoms with E-state index in [-0.39, 0.29) is 5.91 Å². The van der Waals surface area contributed by atoms with Crippen LogP contribution in [0.4, 0.5) is 0 Å². The van der Waals surface area contributed by atoms with Gasteiger partial charge in [-0.05, 0) is 36.4 Å². The molecule has 1 aliphatic heterocycles. The largest absolute Gasteiger partial charge is 0.443 e. The number of hydrogen-bond donors (Lipinski definition) is 0. The van der Waals surface area contributed by atoms with E-state index in [0.29, 0.717) is 17.2 Å². The molecule has 3 rings (SSSR count). The molecule has 1 amide bonds. The highest BCUT2D eigenvalue weighted by Gasteiger charge is 2.44. The molecule has 0 aliphatic carbocycles. The highest BCUT2D eigenvalue weighted by molar-refractivity contribution is 9.10. The summed E-state index contributed by atoms with van der Waals surface area (Å²) >= 11 is 3.40. The van der Waals surface area contributed by atoms with Gasteiger partial charge >= 0.3 is 5.97 Å². The lowest BCUT2D eigenvalue weighted by Gasteiger charge is -2.31. The van der Waals surface area contributed by atoms with Crippen LogP contribution in [0.15, 0.2) is 58.1 Å². The first-order valence-corrected chi connectivity index (χ1v) is 8.72. The van der Waals surface area contributed by atoms with E-state index >= 15 is 0 Å². The number of carbonyl (C=O) groups is 2. The van der Waals surface area contributed by atoms with E-state index in [9.17, 15) is 9.59 Å². The van der Waals surface area contributed by atoms with Gasteiger partial charge in [-0.3, -0.25) is 9.59 Å². The third kappa shape index (κ3) is 3.48. The standard InChI is InChI=1S/C19H17BrN2O4/c1-12(23)22-19(3,15-6-8-16(20)9-7-15)26-18(21-22)14-4-10-17(11-5-14)25-13(2)24/h4-11H,1-3H3. The van der Waals surface area contributed by atoms with Gasteiger partial charge < -0.3 is 9.47 Å². The Hall–Kier alpha value is -2.67. The molecule has 26 heavy (non-hydrogen) atoms. The number of amides is 1. The number of carbonyl (C=O) groups excluding carboxylic acids is 2. The molecule has 6 nitrogen and oxygen atoms in total. The van der Waals surface area contributed by atoms with E-state index in [0.717, 1.165) is 10.0 Å². The highest BCUT2D eigenvalue weighted by atomic mass is 79.9. The van der Waals surface area contributed by atoms with E-state index in [4.69, 9.17) is 9.47 Å². The van der Waals surface area contributed by atoms with Gasteiger partial charge in [-0.2, -0.15) is 5.01 Å². The maximum atomic E-state index is 12.1. The Balaban J connectivity index is 1.92. The Bertz CT molecular complexity index is 877. The molecular weight excluding hydrogens is 400 g/mol. The predicted molar refractivity (Wildman–Crippen MR) is 99.4 cm³/mol. The minimum Gasteiger partial charge on any atom is -0.443 e. The maximum absolute atomic E-state index is 12.1. The third-order valence-corrected chi connectivity index (χ3v) is 4.46. The number of nitrogens with zero attached hydrogens (tertiary/aromatic N) is 2. The van der Waals surface area contributed by atoms with Crippen molar-refractivity contribution in [2.45, 2.75) is 26.5 Å². The molecule has 0 N–H and O–H groups in total. The number of halogens is 1. The van der Waals surface area contributed by atoms with Gasteiger partial charge in [0.05, 0.1) is 0 Å². The zero-order valence-electron chi connectivity index (χ0n) is 14.5. The number of esters is 1. The summed E-state index contributed by atoms with van der Waals surface area (Å²) in [5, 5.41) is 5.68. The molecule has 0 bridgehead atoms. The molecule has 1 aliphatic rings. The van der Waals surface area contributed by atoms with E-state index in [1.54, 1.807) is 31.2 Å². The molecule has 1 heterocycles. The predicted octanol–water partition coefficient (Wildman–Crippen LogP) is 3.79. The molecule has 1 atom stereocenters. The number of rotatable bonds is 3. The van der Waals surface area contributed by atoms with Crippen molar-refractivity contribution < 1.29 is 19.1 Å². The van der Waals surface area contributed by atoms with E-state index in [1.165, 1.54) is 18.9 Å². The van der Waals surface area contributed by atoms with Gasteiger partial charge in [0.25, 0.3) is 0 Å². The highest BCUT2D eigenvalue weighted by Crippen LogP contribution is 2.37. The normalized spacial score (nSPS) is 18.9. The molecule has 134 valence electrons. The van der Waals surface area contributed by atoms with Crippen LogP contribution < -0.4 is 4.74 Å². The Labute approximate surface area is 159 Å². The second-order valence-electron chi connectivity index (χ2n) is 5.95. The Morgan fingerprint density at radius 1 is 1.08 bits per heavy atom. The SMILES string of the molecule is CC(=O)Oc1ccc(C2=NN(C(C)=O)C(C)(c3ccc(Br)cc3)O2)cc1. The Morgan fingerprint density at radius 3 is 2.23 bits per heavy atom. The molecule has 0 fully saturated rings. The summed E-state index contributed by atoms with van der Waals surface area (Å²) in [6.45, 7) is 4.57. The fraction of sp³-hybridized carbons (Fsp3) is 0.211. The zero-order valence-corrected chi connectivity index (χ0v) is 16.1. The van der Waals surface area contributed by atoms with Crippen molar-refractivity contribution in [2.75, 3.05) is 0 Å². The van der Waals surface area contributed by atoms with Crippen LogP contribution in [0.5, 0.6) is 5.75 Å². The van der Waals surface area contributed by atoms with Crippen LogP contribution in [0.3, 0.4) is 0 Å². The minimum atomic E-state index is -1.05. The molecule has 0 saturated carbocycles. The molecule has 2 aromatic rings. The monoisotopic (exact) mass is 416 g/mol. The summed E-state index contributed by atoms with van der Waals surface area (Å²) in [6.07, 6.45) is 0. The quantitative estimate of drug-likeness (QED) is 0.563. The van der Waals surface area contributed by atoms with Crippen molar-refractivity contribution in [3.63, 3.8) is 0 Å². The molecule has 0 radical (unpaired) electrons. The second-order valence-corrected chi connectivity index (χ2v) is 6.86. The van der Waals surface area contributed by atoms with Crippen LogP contribution in [-0.4, -0.2) is 22.8 Å². The van der Waals surface area contributed by atoms with Gasteiger partial charge in [-0.25, -0.2) is 0 Å². The molecular formula is C19H17BrN2O4. The third-order valence-electron chi connectivity index (χ3n) is 3.93. The summed E-state index contributed by atoms with van der Waals surface area (Å²) in [4.78, 5) is 23.1. The van der Waals surface area contributed by atoms with Gasteiger partial charge in [-0.1, -0.05) is 28.1 Å². The van der Waals surface area contributed by atoms with Gasteiger partial charge in [0.15, 0.2) is 0 Å². The van der Waals surface area contributed by atoms with Gasteiger partial charge in [0.1, 0.15) is 5.75 Å². The first kappa shape index (κ1) is 18.1. The maximum Gasteiger partial charge on any atom is 0.308 e. The van der Waals surface area contributed by atoms with Crippen molar-refractivity contribution in [3.05, 3.63) is 64.1 Å². The molecule has 2 aromatic carbocycles. The first-order chi connectivity index (χ1) is 12.3. The van der Waals surface area contributed by atoms with Crippen LogP contribution in [0.1, 0.15) is 31.9 Å². The van der Waals surface area contributed by atoms with E-state index in [2.05, 4.69) is 21.0 Å². The topological polar surface area (TPSA) is 68.2 Å². The second kappa shape index (κ2) is 6.92. The molecule has 1 unspecified atom stereocenters. The van der Waals surface area contributed by atoms with Crippen LogP contribution in [-0.2, 0) is 20.1 Å². The summed E-state index contributed by atoms with van der Waals surface area (Å²) in [6, 6.07) is 14.3. The van der Waals surface area contributed by atoms with Crippen LogP contribution >= 0.6 is 15.9 Å². The smallest absolute Gasteiger partial charge is 0.308 e. The van der Waals surface area contributed by atoms with Crippen molar-refractivity contribution in [1.82, 2.24) is 5.01 Å². The number of benzene rings is 2. The van der Waals surface area contributed by atoms with E-state index < -0.39 is 11.7 Å². The average Bonchev–Trinajstić information content (AvgIpc) is 2.95. The lowest BCUT2D eigenvalue weighted by molar-refractivity contribution is -0.146. The zero-order chi connectivity index (χ0) is 18.9. The summed E-state index contributed by atoms with van der Waals surface area (Å²) in [5.41, 5.74) is 0.426. The number of hydrazone groups is 1. The lowest BCUT2D eigenvalue weighted by atomic mass is 10.0. The molecule has 0 aromatic heterocycles. The molecule has 0 spiro atoms. The fourth-order valence-electron chi connectivity index (χ4n) is 2.70. The van der Waals surface area contributed by atoms with Crippen molar-refractivity contribution in [1.29, 1.82) is 0 Å². The van der Waals surface area contributed by atoms with Gasteiger partial charge in [0.2, 0.25) is 17.5 Å². The number of hydrogen-bond acceptors (Lipinski definition) is 5. The summed E-state index contributed by atoms with van der Waals surface area (Å²) in [7, 11) is 0. The van der Waals surface area contributed by atoms with Crippen molar-refractivity contribution in [3.8, 4) is 5.75 Å². The fourth-order valence-corrected chi connectivity index (χ4v) is 2.96. The molecule has 0 saturated heterocycles. The minimum absolute atomic E-state index is 0.234. The Kier molecular flexibility index (Phi) is 4.82. The van der Waals surface area contributed by atoms with Crippen molar-refractivity contribution >= 4 is 33.7 Å². The lowest BCUT2D eigenvalue weighted by Crippen LogP contribution is -2.41. The summed E-state index contributed by atoms with van der Waals surface area (Å²) in [5.74, 6) is 0.124. The van der Waals surface area contributed by atoms with Gasteiger partial charge in [-0.15, -0.1) is 5.10 Å². The van der Waals surface area contributed by atoms with Crippen LogP contribution in [0.25, 0.3) is 0 Å². The van der Waals surface area contributed by atoms with Crippen molar-refractivity contribution in [2.24, 2.45) is 5.10 Å².